The van der Waals surface area contributed by atoms with Gasteiger partial charge in [0, 0.05) is 27.7 Å². The van der Waals surface area contributed by atoms with Gasteiger partial charge >= 0.3 is 0 Å². The highest BCUT2D eigenvalue weighted by Crippen LogP contribution is 2.73. The zero-order valence-electron chi connectivity index (χ0n) is 32.7. The highest BCUT2D eigenvalue weighted by molar-refractivity contribution is 5.91. The van der Waals surface area contributed by atoms with Crippen LogP contribution in [0.25, 0.3) is 55.8 Å². The van der Waals surface area contributed by atoms with E-state index in [0.29, 0.717) is 0 Å². The lowest BCUT2D eigenvalue weighted by molar-refractivity contribution is 0.0159. The minimum absolute atomic E-state index is 0.0895. The molecular weight excluding hydrogens is 719 g/mol. The summed E-state index contributed by atoms with van der Waals surface area (Å²) in [6, 6.07) is 57.3. The summed E-state index contributed by atoms with van der Waals surface area (Å²) in [6.45, 7) is 0. The molecule has 6 aliphatic carbocycles. The molecule has 7 aromatic carbocycles. The average molecular weight is 760 g/mol. The van der Waals surface area contributed by atoms with Gasteiger partial charge in [0.15, 0.2) is 11.6 Å². The summed E-state index contributed by atoms with van der Waals surface area (Å²) < 4.78 is 6.55. The van der Waals surface area contributed by atoms with Gasteiger partial charge in [0.2, 0.25) is 0 Å². The molecule has 1 aromatic heterocycles. The predicted molar refractivity (Wildman–Crippen MR) is 233 cm³/mol. The normalized spacial score (nSPS) is 25.5. The number of para-hydroxylation sites is 2. The molecule has 6 bridgehead atoms. The molecule has 4 nitrogen and oxygen atoms in total. The molecule has 0 N–H and O–H groups in total. The van der Waals surface area contributed by atoms with Crippen molar-refractivity contribution in [2.75, 3.05) is 0 Å². The molecule has 7 aliphatic rings. The van der Waals surface area contributed by atoms with Gasteiger partial charge in [0.1, 0.15) is 17.3 Å². The molecule has 59 heavy (non-hydrogen) atoms. The number of fused-ring (bicyclic) bond motifs is 10. The molecule has 2 heterocycles. The van der Waals surface area contributed by atoms with Crippen LogP contribution >= 0.6 is 0 Å². The van der Waals surface area contributed by atoms with Gasteiger partial charge in [-0.1, -0.05) is 133 Å². The summed E-state index contributed by atoms with van der Waals surface area (Å²) in [6.07, 6.45) is 6.76. The number of rotatable bonds is 4. The van der Waals surface area contributed by atoms with E-state index >= 15 is 0 Å². The minimum Gasteiger partial charge on any atom is -0.457 e. The topological polar surface area (TPSA) is 47.9 Å². The molecular formula is C55H41N3O. The van der Waals surface area contributed by atoms with E-state index in [2.05, 4.69) is 158 Å². The molecule has 0 amide bonds. The van der Waals surface area contributed by atoms with Crippen molar-refractivity contribution < 1.29 is 4.74 Å². The lowest BCUT2D eigenvalue weighted by atomic mass is 9.52. The first-order valence-electron chi connectivity index (χ1n) is 21.6. The quantitative estimate of drug-likeness (QED) is 0.179. The third-order valence-corrected chi connectivity index (χ3v) is 15.8. The monoisotopic (exact) mass is 759 g/mol. The third-order valence-electron chi connectivity index (χ3n) is 15.8. The third kappa shape index (κ3) is 4.31. The Morgan fingerprint density at radius 1 is 0.458 bits per heavy atom. The maximum Gasteiger partial charge on any atom is 0.163 e. The molecule has 0 radical (unpaired) electrons. The van der Waals surface area contributed by atoms with E-state index in [1.54, 1.807) is 0 Å². The Kier molecular flexibility index (Phi) is 6.42. The van der Waals surface area contributed by atoms with Crippen LogP contribution in [0, 0.1) is 29.6 Å². The van der Waals surface area contributed by atoms with E-state index in [-0.39, 0.29) is 5.41 Å². The van der Waals surface area contributed by atoms with Crippen molar-refractivity contribution in [1.29, 1.82) is 0 Å². The van der Waals surface area contributed by atoms with E-state index in [1.165, 1.54) is 87.4 Å². The Morgan fingerprint density at radius 3 is 1.90 bits per heavy atom. The van der Waals surface area contributed by atoms with Crippen molar-refractivity contribution in [2.45, 2.75) is 42.9 Å². The Bertz CT molecular complexity index is 3030. The molecule has 5 fully saturated rings. The van der Waals surface area contributed by atoms with Gasteiger partial charge in [-0.15, -0.1) is 0 Å². The largest absolute Gasteiger partial charge is 0.457 e. The standard InChI is InChI=1S/C55H41N3O/c1-2-10-36-27-38(22-19-33(36)9-1)52-56-51(57-53(58-52)54-30-32-25-39-28-40(31-54)42(26-32)50(39)54)35-20-17-34(18-21-35)37-23-24-45-43(29-37)41-11-3-4-12-44(41)55(45)46-13-5-7-15-48(46)59-49-16-8-6-14-47(49)55/h1-24,27,29,32,39-40,42,50H,25-26,28,30-31H2/t32-,39-,40?,42-,50?,54?/m0/s1. The van der Waals surface area contributed by atoms with Crippen molar-refractivity contribution in [2.24, 2.45) is 29.6 Å². The van der Waals surface area contributed by atoms with Crippen LogP contribution in [0.1, 0.15) is 60.2 Å². The number of benzene rings is 7. The predicted octanol–water partition coefficient (Wildman–Crippen LogP) is 12.8. The van der Waals surface area contributed by atoms with Crippen LogP contribution in [0.4, 0.5) is 0 Å². The number of ether oxygens (including phenoxy) is 1. The van der Waals surface area contributed by atoms with E-state index in [1.807, 2.05) is 0 Å². The van der Waals surface area contributed by atoms with E-state index in [4.69, 9.17) is 19.7 Å². The molecule has 5 saturated carbocycles. The van der Waals surface area contributed by atoms with Crippen LogP contribution in [0.3, 0.4) is 0 Å². The van der Waals surface area contributed by atoms with Gasteiger partial charge in [0.05, 0.1) is 5.41 Å². The Labute approximate surface area is 344 Å². The Hall–Kier alpha value is -6.39. The molecule has 4 heteroatoms. The van der Waals surface area contributed by atoms with Gasteiger partial charge in [-0.3, -0.25) is 0 Å². The summed E-state index contributed by atoms with van der Waals surface area (Å²) in [5, 5.41) is 2.44. The second-order valence-corrected chi connectivity index (χ2v) is 18.4. The van der Waals surface area contributed by atoms with Crippen LogP contribution in [0.15, 0.2) is 158 Å². The van der Waals surface area contributed by atoms with Gasteiger partial charge < -0.3 is 4.74 Å². The molecule has 6 atom stereocenters. The van der Waals surface area contributed by atoms with Gasteiger partial charge in [-0.25, -0.2) is 15.0 Å². The maximum atomic E-state index is 6.55. The number of hydrogen-bond donors (Lipinski definition) is 0. The molecule has 3 unspecified atom stereocenters. The second kappa shape index (κ2) is 11.6. The van der Waals surface area contributed by atoms with Crippen LogP contribution in [-0.4, -0.2) is 15.0 Å². The fourth-order valence-electron chi connectivity index (χ4n) is 13.8. The highest BCUT2D eigenvalue weighted by atomic mass is 16.5. The second-order valence-electron chi connectivity index (χ2n) is 18.4. The van der Waals surface area contributed by atoms with Crippen molar-refractivity contribution >= 4 is 10.8 Å². The van der Waals surface area contributed by atoms with Gasteiger partial charge in [-0.05, 0) is 130 Å². The number of nitrogens with zero attached hydrogens (tertiary/aromatic N) is 3. The summed E-state index contributed by atoms with van der Waals surface area (Å²) in [5.74, 6) is 8.58. The van der Waals surface area contributed by atoms with Gasteiger partial charge in [0.25, 0.3) is 0 Å². The average Bonchev–Trinajstić information content (AvgIpc) is 3.82. The van der Waals surface area contributed by atoms with Crippen molar-refractivity contribution in [3.8, 4) is 56.5 Å². The van der Waals surface area contributed by atoms with Crippen LogP contribution in [-0.2, 0) is 10.8 Å². The van der Waals surface area contributed by atoms with Crippen molar-refractivity contribution in [1.82, 2.24) is 15.0 Å². The first kappa shape index (κ1) is 32.6. The van der Waals surface area contributed by atoms with Crippen LogP contribution in [0.5, 0.6) is 11.5 Å². The molecule has 0 saturated heterocycles. The smallest absolute Gasteiger partial charge is 0.163 e. The first-order valence-corrected chi connectivity index (χ1v) is 21.6. The minimum atomic E-state index is -0.462. The first-order chi connectivity index (χ1) is 29.1. The van der Waals surface area contributed by atoms with Crippen LogP contribution < -0.4 is 4.74 Å². The van der Waals surface area contributed by atoms with Crippen molar-refractivity contribution in [3.63, 3.8) is 0 Å². The van der Waals surface area contributed by atoms with Gasteiger partial charge in [-0.2, -0.15) is 0 Å². The lowest BCUT2D eigenvalue weighted by Crippen LogP contribution is -2.49. The number of aromatic nitrogens is 3. The summed E-state index contributed by atoms with van der Waals surface area (Å²) >= 11 is 0. The SMILES string of the molecule is c1ccc2c(c1)Oc1ccccc1C21c2ccccc2-c2cc(-c3ccc(-c4nc(-c5ccc6ccccc6c5)nc(C56CC7C[C@@H]8C[C@@H](C[C@@H]7C85)C6)n4)cc3)ccc21. The zero-order valence-corrected chi connectivity index (χ0v) is 32.7. The maximum absolute atomic E-state index is 6.55. The zero-order chi connectivity index (χ0) is 38.5. The summed E-state index contributed by atoms with van der Waals surface area (Å²) in [4.78, 5) is 16.2. The Morgan fingerprint density at radius 2 is 1.10 bits per heavy atom. The fourth-order valence-corrected chi connectivity index (χ4v) is 13.8. The van der Waals surface area contributed by atoms with Crippen LogP contribution in [0.2, 0.25) is 0 Å². The lowest BCUT2D eigenvalue weighted by Gasteiger charge is -2.52. The molecule has 15 rings (SSSR count). The molecule has 282 valence electrons. The fraction of sp³-hybridized carbons (Fsp3) is 0.218. The highest BCUT2D eigenvalue weighted by Gasteiger charge is 2.69. The number of hydrogen-bond acceptors (Lipinski definition) is 4. The van der Waals surface area contributed by atoms with E-state index < -0.39 is 5.41 Å². The van der Waals surface area contributed by atoms with E-state index in [9.17, 15) is 0 Å². The molecule has 1 aliphatic heterocycles. The van der Waals surface area contributed by atoms with E-state index in [0.717, 1.165) is 69.7 Å². The summed E-state index contributed by atoms with van der Waals surface area (Å²) in [7, 11) is 0. The summed E-state index contributed by atoms with van der Waals surface area (Å²) in [5.41, 5.74) is 11.6. The molecule has 1 spiro atoms. The molecule has 8 aromatic rings. The van der Waals surface area contributed by atoms with Crippen molar-refractivity contribution in [3.05, 3.63) is 186 Å². The Balaban J connectivity index is 0.888.